The summed E-state index contributed by atoms with van der Waals surface area (Å²) in [6.45, 7) is 5.69. The Hall–Kier alpha value is -1.39. The number of ether oxygens (including phenoxy) is 1. The van der Waals surface area contributed by atoms with Gasteiger partial charge < -0.3 is 14.9 Å². The van der Waals surface area contributed by atoms with E-state index in [1.807, 2.05) is 30.3 Å². The SMILES string of the molecule is CC(O)CO.CCCCC(CCCC)C(=O)Oc1ccccc1. The van der Waals surface area contributed by atoms with Crippen molar-refractivity contribution in [1.82, 2.24) is 0 Å². The highest BCUT2D eigenvalue weighted by atomic mass is 16.5. The Kier molecular flexibility index (Phi) is 13.4. The lowest BCUT2D eigenvalue weighted by Gasteiger charge is -2.15. The number of unbranched alkanes of at least 4 members (excludes halogenated alkanes) is 2. The van der Waals surface area contributed by atoms with Crippen molar-refractivity contribution >= 4 is 5.97 Å². The molecule has 0 saturated carbocycles. The fourth-order valence-corrected chi connectivity index (χ4v) is 1.97. The number of esters is 1. The molecular weight excluding hydrogens is 292 g/mol. The van der Waals surface area contributed by atoms with Crippen LogP contribution in [-0.4, -0.2) is 28.9 Å². The Labute approximate surface area is 140 Å². The molecule has 0 spiro atoms. The predicted octanol–water partition coefficient (Wildman–Crippen LogP) is 3.95. The van der Waals surface area contributed by atoms with Crippen LogP contribution in [0.2, 0.25) is 0 Å². The smallest absolute Gasteiger partial charge is 0.314 e. The lowest BCUT2D eigenvalue weighted by molar-refractivity contribution is -0.139. The van der Waals surface area contributed by atoms with Crippen molar-refractivity contribution in [3.8, 4) is 5.75 Å². The molecule has 4 nitrogen and oxygen atoms in total. The Bertz CT molecular complexity index is 382. The second-order valence-corrected chi connectivity index (χ2v) is 5.75. The third-order valence-electron chi connectivity index (χ3n) is 3.37. The maximum absolute atomic E-state index is 12.1. The molecule has 0 saturated heterocycles. The van der Waals surface area contributed by atoms with Crippen molar-refractivity contribution in [3.05, 3.63) is 30.3 Å². The lowest BCUT2D eigenvalue weighted by Crippen LogP contribution is -2.20. The van der Waals surface area contributed by atoms with Crippen molar-refractivity contribution in [2.24, 2.45) is 5.92 Å². The minimum absolute atomic E-state index is 0.0603. The number of carbonyl (C=O) groups is 1. The predicted molar refractivity (Wildman–Crippen MR) is 93.4 cm³/mol. The number of aliphatic hydroxyl groups is 2. The summed E-state index contributed by atoms with van der Waals surface area (Å²) >= 11 is 0. The van der Waals surface area contributed by atoms with E-state index < -0.39 is 6.10 Å². The van der Waals surface area contributed by atoms with E-state index in [1.165, 1.54) is 6.92 Å². The summed E-state index contributed by atoms with van der Waals surface area (Å²) in [5, 5.41) is 16.0. The van der Waals surface area contributed by atoms with E-state index in [-0.39, 0.29) is 18.5 Å². The molecule has 0 amide bonds. The second-order valence-electron chi connectivity index (χ2n) is 5.75. The topological polar surface area (TPSA) is 66.8 Å². The fourth-order valence-electron chi connectivity index (χ4n) is 1.97. The van der Waals surface area contributed by atoms with Crippen molar-refractivity contribution in [2.75, 3.05) is 6.61 Å². The number of aliphatic hydroxyl groups excluding tert-OH is 2. The molecule has 0 bridgehead atoms. The quantitative estimate of drug-likeness (QED) is 0.533. The summed E-state index contributed by atoms with van der Waals surface area (Å²) in [6, 6.07) is 9.34. The molecule has 132 valence electrons. The van der Waals surface area contributed by atoms with Gasteiger partial charge in [-0.3, -0.25) is 4.79 Å². The van der Waals surface area contributed by atoms with E-state index in [4.69, 9.17) is 14.9 Å². The third kappa shape index (κ3) is 11.8. The maximum atomic E-state index is 12.1. The lowest BCUT2D eigenvalue weighted by atomic mass is 9.96. The van der Waals surface area contributed by atoms with Gasteiger partial charge in [0.1, 0.15) is 5.75 Å². The van der Waals surface area contributed by atoms with Crippen molar-refractivity contribution < 1.29 is 19.7 Å². The van der Waals surface area contributed by atoms with Gasteiger partial charge in [0, 0.05) is 0 Å². The molecule has 0 aliphatic rings. The molecule has 0 heterocycles. The van der Waals surface area contributed by atoms with Gasteiger partial charge in [-0.05, 0) is 31.9 Å². The van der Waals surface area contributed by atoms with E-state index in [1.54, 1.807) is 0 Å². The molecule has 2 N–H and O–H groups in total. The minimum atomic E-state index is -0.560. The molecule has 1 rings (SSSR count). The molecule has 0 aliphatic carbocycles. The van der Waals surface area contributed by atoms with Crippen LogP contribution in [-0.2, 0) is 4.79 Å². The molecule has 4 heteroatoms. The molecule has 0 aliphatic heterocycles. The van der Waals surface area contributed by atoms with Gasteiger partial charge in [-0.25, -0.2) is 0 Å². The van der Waals surface area contributed by atoms with Crippen LogP contribution in [0.5, 0.6) is 5.75 Å². The van der Waals surface area contributed by atoms with Gasteiger partial charge in [0.2, 0.25) is 0 Å². The Morgan fingerprint density at radius 2 is 1.57 bits per heavy atom. The molecule has 1 unspecified atom stereocenters. The van der Waals surface area contributed by atoms with Gasteiger partial charge in [0.15, 0.2) is 0 Å². The van der Waals surface area contributed by atoms with Crippen LogP contribution in [0.25, 0.3) is 0 Å². The number of hydrogen-bond acceptors (Lipinski definition) is 4. The van der Waals surface area contributed by atoms with Crippen molar-refractivity contribution in [2.45, 2.75) is 65.4 Å². The molecule has 23 heavy (non-hydrogen) atoms. The fraction of sp³-hybridized carbons (Fsp3) is 0.632. The van der Waals surface area contributed by atoms with Crippen molar-refractivity contribution in [3.63, 3.8) is 0 Å². The highest BCUT2D eigenvalue weighted by Crippen LogP contribution is 2.20. The zero-order valence-corrected chi connectivity index (χ0v) is 14.7. The van der Waals surface area contributed by atoms with Crippen LogP contribution in [0.3, 0.4) is 0 Å². The largest absolute Gasteiger partial charge is 0.426 e. The summed E-state index contributed by atoms with van der Waals surface area (Å²) in [6.07, 6.45) is 5.78. The number of para-hydroxylation sites is 1. The zero-order valence-electron chi connectivity index (χ0n) is 14.7. The standard InChI is InChI=1S/C16H24O2.C3H8O2/c1-3-5-10-14(11-6-4-2)16(17)18-15-12-8-7-9-13-15;1-3(5)2-4/h7-9,12-14H,3-6,10-11H2,1-2H3;3-5H,2H2,1H3. The van der Waals surface area contributed by atoms with Gasteiger partial charge in [0.25, 0.3) is 0 Å². The van der Waals surface area contributed by atoms with Crippen LogP contribution in [0, 0.1) is 5.92 Å². The van der Waals surface area contributed by atoms with Crippen LogP contribution in [0.1, 0.15) is 59.3 Å². The first kappa shape index (κ1) is 21.6. The zero-order chi connectivity index (χ0) is 17.5. The van der Waals surface area contributed by atoms with Crippen LogP contribution in [0.4, 0.5) is 0 Å². The maximum Gasteiger partial charge on any atom is 0.314 e. The first-order valence-electron chi connectivity index (χ1n) is 8.60. The normalized spacial score (nSPS) is 11.6. The van der Waals surface area contributed by atoms with Crippen LogP contribution in [0.15, 0.2) is 30.3 Å². The average Bonchev–Trinajstić information content (AvgIpc) is 2.56. The second kappa shape index (κ2) is 14.2. The van der Waals surface area contributed by atoms with Gasteiger partial charge >= 0.3 is 5.97 Å². The first-order valence-corrected chi connectivity index (χ1v) is 8.60. The van der Waals surface area contributed by atoms with E-state index >= 15 is 0 Å². The van der Waals surface area contributed by atoms with E-state index in [9.17, 15) is 4.79 Å². The number of hydrogen-bond donors (Lipinski definition) is 2. The highest BCUT2D eigenvalue weighted by molar-refractivity contribution is 5.75. The number of carbonyl (C=O) groups excluding carboxylic acids is 1. The molecule has 1 aromatic rings. The van der Waals surface area contributed by atoms with Gasteiger partial charge in [-0.15, -0.1) is 0 Å². The summed E-state index contributed by atoms with van der Waals surface area (Å²) in [4.78, 5) is 12.1. The summed E-state index contributed by atoms with van der Waals surface area (Å²) < 4.78 is 5.43. The number of rotatable bonds is 9. The van der Waals surface area contributed by atoms with Gasteiger partial charge in [-0.1, -0.05) is 57.7 Å². The molecule has 0 radical (unpaired) electrons. The molecule has 1 atom stereocenters. The molecule has 0 aromatic heterocycles. The Balaban J connectivity index is 0.000000841. The summed E-state index contributed by atoms with van der Waals surface area (Å²) in [5.74, 6) is 0.647. The first-order chi connectivity index (χ1) is 11.0. The van der Waals surface area contributed by atoms with Gasteiger partial charge in [-0.2, -0.15) is 0 Å². The highest BCUT2D eigenvalue weighted by Gasteiger charge is 2.19. The van der Waals surface area contributed by atoms with E-state index in [0.717, 1.165) is 38.5 Å². The molecular formula is C19H32O4. The molecule has 1 aromatic carbocycles. The Morgan fingerprint density at radius 3 is 1.96 bits per heavy atom. The molecule has 0 fully saturated rings. The number of benzene rings is 1. The monoisotopic (exact) mass is 324 g/mol. The van der Waals surface area contributed by atoms with Crippen molar-refractivity contribution in [1.29, 1.82) is 0 Å². The van der Waals surface area contributed by atoms with E-state index in [2.05, 4.69) is 13.8 Å². The minimum Gasteiger partial charge on any atom is -0.426 e. The summed E-state index contributed by atoms with van der Waals surface area (Å²) in [5.41, 5.74) is 0. The Morgan fingerprint density at radius 1 is 1.09 bits per heavy atom. The van der Waals surface area contributed by atoms with E-state index in [0.29, 0.717) is 5.75 Å². The third-order valence-corrected chi connectivity index (χ3v) is 3.37. The van der Waals surface area contributed by atoms with Crippen LogP contribution < -0.4 is 4.74 Å². The van der Waals surface area contributed by atoms with Crippen LogP contribution >= 0.6 is 0 Å². The average molecular weight is 324 g/mol. The van der Waals surface area contributed by atoms with Gasteiger partial charge in [0.05, 0.1) is 18.6 Å². The summed E-state index contributed by atoms with van der Waals surface area (Å²) in [7, 11) is 0.